The summed E-state index contributed by atoms with van der Waals surface area (Å²) < 4.78 is 11.4. The minimum atomic E-state index is -0.521. The summed E-state index contributed by atoms with van der Waals surface area (Å²) >= 11 is 0. The maximum Gasteiger partial charge on any atom is 0.441 e. The molecule has 0 N–H and O–H groups in total. The molecule has 2 aliphatic rings. The van der Waals surface area contributed by atoms with Gasteiger partial charge >= 0.3 is 6.09 Å². The van der Waals surface area contributed by atoms with Crippen LogP contribution in [0.2, 0.25) is 0 Å². The third-order valence-corrected chi connectivity index (χ3v) is 3.16. The van der Waals surface area contributed by atoms with E-state index in [0.717, 1.165) is 25.9 Å². The highest BCUT2D eigenvalue weighted by molar-refractivity contribution is 5.67. The van der Waals surface area contributed by atoms with E-state index < -0.39 is 11.7 Å². The number of nitrogens with zero attached hydrogens (tertiary/aromatic N) is 1. The van der Waals surface area contributed by atoms with Crippen molar-refractivity contribution in [2.24, 2.45) is 0 Å². The first-order chi connectivity index (χ1) is 9.94. The Balaban J connectivity index is 1.78. The Kier molecular flexibility index (Phi) is 5.61. The Bertz CT molecular complexity index is 371. The molecule has 2 aliphatic heterocycles. The molecule has 0 bridgehead atoms. The molecule has 6 heteroatoms. The molecular weight excluding hydrogens is 274 g/mol. The van der Waals surface area contributed by atoms with Crippen molar-refractivity contribution >= 4 is 6.09 Å². The summed E-state index contributed by atoms with van der Waals surface area (Å²) in [7, 11) is 0. The van der Waals surface area contributed by atoms with Gasteiger partial charge < -0.3 is 9.47 Å². The molecule has 0 aromatic carbocycles. The van der Waals surface area contributed by atoms with E-state index in [1.165, 1.54) is 0 Å². The molecule has 2 atom stereocenters. The van der Waals surface area contributed by atoms with Gasteiger partial charge in [0.1, 0.15) is 5.60 Å². The van der Waals surface area contributed by atoms with Crippen LogP contribution in [0.1, 0.15) is 40.0 Å². The summed E-state index contributed by atoms with van der Waals surface area (Å²) in [5.74, 6) is 0. The first kappa shape index (κ1) is 16.3. The molecule has 2 rings (SSSR count). The van der Waals surface area contributed by atoms with Crippen molar-refractivity contribution in [3.8, 4) is 0 Å². The number of carbonyl (C=O) groups is 1. The largest absolute Gasteiger partial charge is 0.441 e. The summed E-state index contributed by atoms with van der Waals surface area (Å²) in [6.45, 7) is 7.15. The highest BCUT2D eigenvalue weighted by Crippen LogP contribution is 2.18. The van der Waals surface area contributed by atoms with Crippen molar-refractivity contribution in [2.45, 2.75) is 58.0 Å². The summed E-state index contributed by atoms with van der Waals surface area (Å²) in [6.07, 6.45) is 6.14. The topological polar surface area (TPSA) is 57.2 Å². The smallest absolute Gasteiger partial charge is 0.353 e. The average molecular weight is 299 g/mol. The van der Waals surface area contributed by atoms with E-state index in [9.17, 15) is 4.79 Å². The zero-order valence-corrected chi connectivity index (χ0v) is 13.0. The van der Waals surface area contributed by atoms with Crippen LogP contribution in [0.5, 0.6) is 0 Å². The molecule has 1 fully saturated rings. The fourth-order valence-corrected chi connectivity index (χ4v) is 2.16. The lowest BCUT2D eigenvalue weighted by atomic mass is 10.2. The molecular formula is C15H25NO5. The van der Waals surface area contributed by atoms with Crippen LogP contribution in [0.3, 0.4) is 0 Å². The van der Waals surface area contributed by atoms with Crippen LogP contribution in [-0.2, 0) is 19.2 Å². The zero-order chi connectivity index (χ0) is 15.3. The second-order valence-electron chi connectivity index (χ2n) is 6.35. The maximum absolute atomic E-state index is 11.9. The normalized spacial score (nSPS) is 26.7. The Morgan fingerprint density at radius 1 is 1.33 bits per heavy atom. The van der Waals surface area contributed by atoms with E-state index >= 15 is 0 Å². The summed E-state index contributed by atoms with van der Waals surface area (Å²) in [6, 6.07) is 0. The summed E-state index contributed by atoms with van der Waals surface area (Å²) in [5.41, 5.74) is -0.521. The minimum absolute atomic E-state index is 0.163. The van der Waals surface area contributed by atoms with Gasteiger partial charge in [-0.05, 0) is 40.0 Å². The van der Waals surface area contributed by atoms with E-state index in [1.807, 2.05) is 32.9 Å². The number of hydrogen-bond donors (Lipinski definition) is 0. The standard InChI is InChI=1S/C15H25NO5/c1-15(2,3)21-20-14(17)16-9-6-7-12(11-16)19-13-8-4-5-10-18-13/h6-7,12-13H,4-5,8-11H2,1-3H3. The van der Waals surface area contributed by atoms with Gasteiger partial charge in [-0.3, -0.25) is 9.79 Å². The van der Waals surface area contributed by atoms with Crippen molar-refractivity contribution in [3.63, 3.8) is 0 Å². The SMILES string of the molecule is CC(C)(C)OOC(=O)N1CC=CC(OC2CCCCO2)C1. The maximum atomic E-state index is 11.9. The molecule has 0 aromatic heterocycles. The highest BCUT2D eigenvalue weighted by Gasteiger charge is 2.27. The van der Waals surface area contributed by atoms with Crippen LogP contribution in [0.4, 0.5) is 4.79 Å². The van der Waals surface area contributed by atoms with Gasteiger partial charge in [0.15, 0.2) is 6.29 Å². The fraction of sp³-hybridized carbons (Fsp3) is 0.800. The van der Waals surface area contributed by atoms with Gasteiger partial charge in [-0.2, -0.15) is 4.89 Å². The molecule has 120 valence electrons. The van der Waals surface area contributed by atoms with Crippen molar-refractivity contribution < 1.29 is 24.0 Å². The first-order valence-electron chi connectivity index (χ1n) is 7.52. The van der Waals surface area contributed by atoms with Crippen LogP contribution in [0.15, 0.2) is 12.2 Å². The molecule has 2 unspecified atom stereocenters. The predicted octanol–water partition coefficient (Wildman–Crippen LogP) is 2.64. The van der Waals surface area contributed by atoms with Gasteiger partial charge in [0.25, 0.3) is 0 Å². The predicted molar refractivity (Wildman–Crippen MR) is 76.5 cm³/mol. The van der Waals surface area contributed by atoms with Crippen molar-refractivity contribution in [3.05, 3.63) is 12.2 Å². The molecule has 2 heterocycles. The van der Waals surface area contributed by atoms with Crippen LogP contribution >= 0.6 is 0 Å². The number of ether oxygens (including phenoxy) is 2. The van der Waals surface area contributed by atoms with Crippen LogP contribution in [-0.4, -0.2) is 48.7 Å². The number of hydrogen-bond acceptors (Lipinski definition) is 5. The van der Waals surface area contributed by atoms with Gasteiger partial charge in [-0.25, -0.2) is 4.79 Å². The van der Waals surface area contributed by atoms with Crippen molar-refractivity contribution in [2.75, 3.05) is 19.7 Å². The van der Waals surface area contributed by atoms with E-state index in [-0.39, 0.29) is 12.4 Å². The van der Waals surface area contributed by atoms with Gasteiger partial charge in [-0.15, -0.1) is 0 Å². The quantitative estimate of drug-likeness (QED) is 0.455. The Labute approximate surface area is 125 Å². The lowest BCUT2D eigenvalue weighted by Crippen LogP contribution is -2.43. The minimum Gasteiger partial charge on any atom is -0.353 e. The summed E-state index contributed by atoms with van der Waals surface area (Å²) in [4.78, 5) is 23.4. The van der Waals surface area contributed by atoms with Gasteiger partial charge in [0.05, 0.1) is 12.6 Å². The Morgan fingerprint density at radius 3 is 2.81 bits per heavy atom. The van der Waals surface area contributed by atoms with E-state index in [0.29, 0.717) is 13.1 Å². The van der Waals surface area contributed by atoms with Gasteiger partial charge in [0.2, 0.25) is 0 Å². The Hall–Kier alpha value is -1.11. The van der Waals surface area contributed by atoms with Gasteiger partial charge in [-0.1, -0.05) is 12.2 Å². The number of amides is 1. The molecule has 6 nitrogen and oxygen atoms in total. The van der Waals surface area contributed by atoms with Crippen LogP contribution < -0.4 is 0 Å². The van der Waals surface area contributed by atoms with Crippen LogP contribution in [0.25, 0.3) is 0 Å². The molecule has 1 amide bonds. The third kappa shape index (κ3) is 5.65. The number of carbonyl (C=O) groups excluding carboxylic acids is 1. The lowest BCUT2D eigenvalue weighted by molar-refractivity contribution is -0.306. The van der Waals surface area contributed by atoms with E-state index in [2.05, 4.69) is 0 Å². The fourth-order valence-electron chi connectivity index (χ4n) is 2.16. The first-order valence-corrected chi connectivity index (χ1v) is 7.52. The molecule has 0 spiro atoms. The highest BCUT2D eigenvalue weighted by atomic mass is 17.2. The third-order valence-electron chi connectivity index (χ3n) is 3.16. The molecule has 0 aromatic rings. The second kappa shape index (κ2) is 7.24. The second-order valence-corrected chi connectivity index (χ2v) is 6.35. The number of rotatable bonds is 3. The van der Waals surface area contributed by atoms with E-state index in [1.54, 1.807) is 4.90 Å². The molecule has 0 radical (unpaired) electrons. The summed E-state index contributed by atoms with van der Waals surface area (Å²) in [5, 5.41) is 0. The molecule has 0 aliphatic carbocycles. The molecule has 0 saturated carbocycles. The zero-order valence-electron chi connectivity index (χ0n) is 13.0. The average Bonchev–Trinajstić information content (AvgIpc) is 2.45. The van der Waals surface area contributed by atoms with Gasteiger partial charge in [0, 0.05) is 13.2 Å². The monoisotopic (exact) mass is 299 g/mol. The molecule has 21 heavy (non-hydrogen) atoms. The lowest BCUT2D eigenvalue weighted by Gasteiger charge is -2.32. The Morgan fingerprint density at radius 2 is 2.14 bits per heavy atom. The van der Waals surface area contributed by atoms with Crippen molar-refractivity contribution in [1.82, 2.24) is 4.90 Å². The van der Waals surface area contributed by atoms with Crippen molar-refractivity contribution in [1.29, 1.82) is 0 Å². The van der Waals surface area contributed by atoms with E-state index in [4.69, 9.17) is 19.2 Å². The van der Waals surface area contributed by atoms with Crippen LogP contribution in [0, 0.1) is 0 Å². The molecule has 1 saturated heterocycles.